The van der Waals surface area contributed by atoms with Gasteiger partial charge in [-0.3, -0.25) is 5.10 Å². The molecule has 0 saturated heterocycles. The molecule has 8 nitrogen and oxygen atoms in total. The average molecular weight is 255 g/mol. The number of H-pyrrole nitrogens is 1. The van der Waals surface area contributed by atoms with E-state index in [0.29, 0.717) is 12.2 Å². The molecule has 0 aliphatic carbocycles. The summed E-state index contributed by atoms with van der Waals surface area (Å²) in [5, 5.41) is 20.1. The lowest BCUT2D eigenvalue weighted by molar-refractivity contribution is -0.139. The number of aromatic amines is 1. The van der Waals surface area contributed by atoms with Crippen molar-refractivity contribution in [2.24, 2.45) is 5.92 Å². The number of hydrogen-bond acceptors (Lipinski definition) is 4. The number of carboxylic acids is 1. The van der Waals surface area contributed by atoms with Gasteiger partial charge in [-0.15, -0.1) is 0 Å². The van der Waals surface area contributed by atoms with E-state index >= 15 is 0 Å². The molecule has 0 bridgehead atoms. The molecule has 2 amide bonds. The summed E-state index contributed by atoms with van der Waals surface area (Å²) in [5.74, 6) is -0.361. The third-order valence-electron chi connectivity index (χ3n) is 2.19. The van der Waals surface area contributed by atoms with E-state index in [2.05, 4.69) is 25.8 Å². The number of urea groups is 1. The maximum atomic E-state index is 11.5. The van der Waals surface area contributed by atoms with Gasteiger partial charge in [0.2, 0.25) is 0 Å². The van der Waals surface area contributed by atoms with Crippen LogP contribution in [0.2, 0.25) is 0 Å². The molecular weight excluding hydrogens is 238 g/mol. The molecule has 4 N–H and O–H groups in total. The summed E-state index contributed by atoms with van der Waals surface area (Å²) >= 11 is 0. The summed E-state index contributed by atoms with van der Waals surface area (Å²) in [6.45, 7) is 3.95. The molecular formula is C10H17N5O3. The second-order valence-electron chi connectivity index (χ2n) is 4.28. The first-order valence-corrected chi connectivity index (χ1v) is 5.60. The smallest absolute Gasteiger partial charge is 0.326 e. The number of rotatable bonds is 6. The highest BCUT2D eigenvalue weighted by molar-refractivity contribution is 5.82. The van der Waals surface area contributed by atoms with Gasteiger partial charge in [0.1, 0.15) is 18.2 Å². The summed E-state index contributed by atoms with van der Waals surface area (Å²) in [6.07, 6.45) is 1.71. The summed E-state index contributed by atoms with van der Waals surface area (Å²) < 4.78 is 0. The van der Waals surface area contributed by atoms with E-state index in [1.54, 1.807) is 0 Å². The molecule has 0 aromatic carbocycles. The minimum Gasteiger partial charge on any atom is -0.480 e. The lowest BCUT2D eigenvalue weighted by atomic mass is 10.0. The third-order valence-corrected chi connectivity index (χ3v) is 2.19. The average Bonchev–Trinajstić information content (AvgIpc) is 2.77. The first kappa shape index (κ1) is 13.9. The number of amides is 2. The number of nitrogens with zero attached hydrogens (tertiary/aromatic N) is 2. The number of carboxylic acid groups (broad SMARTS) is 1. The predicted octanol–water partition coefficient (Wildman–Crippen LogP) is 0.103. The van der Waals surface area contributed by atoms with E-state index in [-0.39, 0.29) is 12.5 Å². The Hall–Kier alpha value is -2.12. The van der Waals surface area contributed by atoms with Gasteiger partial charge >= 0.3 is 12.0 Å². The molecule has 1 aromatic heterocycles. The van der Waals surface area contributed by atoms with Crippen LogP contribution in [-0.2, 0) is 11.3 Å². The van der Waals surface area contributed by atoms with Crippen LogP contribution in [0.1, 0.15) is 26.1 Å². The zero-order chi connectivity index (χ0) is 13.5. The molecule has 1 rings (SSSR count). The molecule has 1 atom stereocenters. The number of hydrogen-bond donors (Lipinski definition) is 4. The van der Waals surface area contributed by atoms with Crippen molar-refractivity contribution in [2.75, 3.05) is 0 Å². The van der Waals surface area contributed by atoms with Crippen molar-refractivity contribution in [3.8, 4) is 0 Å². The molecule has 0 fully saturated rings. The second kappa shape index (κ2) is 6.58. The molecule has 0 spiro atoms. The molecule has 8 heteroatoms. The Morgan fingerprint density at radius 1 is 1.50 bits per heavy atom. The van der Waals surface area contributed by atoms with Gasteiger partial charge < -0.3 is 15.7 Å². The summed E-state index contributed by atoms with van der Waals surface area (Å²) in [6, 6.07) is -1.43. The molecule has 1 heterocycles. The van der Waals surface area contributed by atoms with Crippen molar-refractivity contribution in [3.63, 3.8) is 0 Å². The SMILES string of the molecule is CC(C)C[C@@H](NC(=O)NCc1ncn[nH]1)C(=O)O. The van der Waals surface area contributed by atoms with Crippen LogP contribution < -0.4 is 10.6 Å². The largest absolute Gasteiger partial charge is 0.480 e. The molecule has 0 radical (unpaired) electrons. The number of carbonyl (C=O) groups excluding carboxylic acids is 1. The van der Waals surface area contributed by atoms with Crippen LogP contribution in [0.5, 0.6) is 0 Å². The van der Waals surface area contributed by atoms with E-state index in [0.717, 1.165) is 0 Å². The van der Waals surface area contributed by atoms with Gasteiger partial charge in [0.05, 0.1) is 6.54 Å². The van der Waals surface area contributed by atoms with Crippen molar-refractivity contribution < 1.29 is 14.7 Å². The van der Waals surface area contributed by atoms with Crippen LogP contribution in [-0.4, -0.2) is 38.3 Å². The molecule has 1 aromatic rings. The Morgan fingerprint density at radius 3 is 2.72 bits per heavy atom. The zero-order valence-corrected chi connectivity index (χ0v) is 10.3. The van der Waals surface area contributed by atoms with Gasteiger partial charge in [0.25, 0.3) is 0 Å². The van der Waals surface area contributed by atoms with Gasteiger partial charge in [-0.2, -0.15) is 5.10 Å². The normalized spacial score (nSPS) is 12.2. The van der Waals surface area contributed by atoms with Crippen molar-refractivity contribution in [2.45, 2.75) is 32.9 Å². The third kappa shape index (κ3) is 4.81. The minimum atomic E-state index is -1.04. The van der Waals surface area contributed by atoms with E-state index in [1.165, 1.54) is 6.33 Å². The molecule has 0 aliphatic heterocycles. The highest BCUT2D eigenvalue weighted by atomic mass is 16.4. The topological polar surface area (TPSA) is 120 Å². The van der Waals surface area contributed by atoms with Crippen LogP contribution in [0.25, 0.3) is 0 Å². The van der Waals surface area contributed by atoms with Crippen molar-refractivity contribution >= 4 is 12.0 Å². The standard InChI is InChI=1S/C10H17N5O3/c1-6(2)3-7(9(16)17)14-10(18)11-4-8-12-5-13-15-8/h5-7H,3-4H2,1-2H3,(H,16,17)(H2,11,14,18)(H,12,13,15)/t7-/m1/s1. The fraction of sp³-hybridized carbons (Fsp3) is 0.600. The Kier molecular flexibility index (Phi) is 5.09. The summed E-state index contributed by atoms with van der Waals surface area (Å²) in [4.78, 5) is 26.2. The number of aromatic nitrogens is 3. The van der Waals surface area contributed by atoms with E-state index in [1.807, 2.05) is 13.8 Å². The van der Waals surface area contributed by atoms with Crippen LogP contribution in [0.4, 0.5) is 4.79 Å². The zero-order valence-electron chi connectivity index (χ0n) is 10.3. The van der Waals surface area contributed by atoms with Gasteiger partial charge in [-0.1, -0.05) is 13.8 Å². The lowest BCUT2D eigenvalue weighted by Crippen LogP contribution is -2.46. The Balaban J connectivity index is 2.39. The highest BCUT2D eigenvalue weighted by Gasteiger charge is 2.20. The summed E-state index contributed by atoms with van der Waals surface area (Å²) in [7, 11) is 0. The maximum Gasteiger partial charge on any atom is 0.326 e. The fourth-order valence-electron chi connectivity index (χ4n) is 1.38. The second-order valence-corrected chi connectivity index (χ2v) is 4.28. The first-order valence-electron chi connectivity index (χ1n) is 5.60. The Bertz CT molecular complexity index is 390. The quantitative estimate of drug-likeness (QED) is 0.574. The minimum absolute atomic E-state index is 0.167. The van der Waals surface area contributed by atoms with E-state index < -0.39 is 18.0 Å². The fourth-order valence-corrected chi connectivity index (χ4v) is 1.38. The highest BCUT2D eigenvalue weighted by Crippen LogP contribution is 2.04. The molecule has 100 valence electrons. The molecule has 0 saturated carbocycles. The Labute approximate surface area is 104 Å². The first-order chi connectivity index (χ1) is 8.49. The Morgan fingerprint density at radius 2 is 2.22 bits per heavy atom. The molecule has 0 unspecified atom stereocenters. The van der Waals surface area contributed by atoms with Crippen molar-refractivity contribution in [1.29, 1.82) is 0 Å². The van der Waals surface area contributed by atoms with Gasteiger partial charge in [-0.05, 0) is 12.3 Å². The number of nitrogens with one attached hydrogen (secondary N) is 3. The summed E-state index contributed by atoms with van der Waals surface area (Å²) in [5.41, 5.74) is 0. The maximum absolute atomic E-state index is 11.5. The predicted molar refractivity (Wildman–Crippen MR) is 62.6 cm³/mol. The van der Waals surface area contributed by atoms with Crippen LogP contribution >= 0.6 is 0 Å². The van der Waals surface area contributed by atoms with Gasteiger partial charge in [0.15, 0.2) is 0 Å². The van der Waals surface area contributed by atoms with Crippen molar-refractivity contribution in [1.82, 2.24) is 25.8 Å². The van der Waals surface area contributed by atoms with Crippen LogP contribution in [0, 0.1) is 5.92 Å². The number of aliphatic carboxylic acids is 1. The van der Waals surface area contributed by atoms with Crippen molar-refractivity contribution in [3.05, 3.63) is 12.2 Å². The van der Waals surface area contributed by atoms with Gasteiger partial charge in [-0.25, -0.2) is 14.6 Å². The van der Waals surface area contributed by atoms with Gasteiger partial charge in [0, 0.05) is 0 Å². The van der Waals surface area contributed by atoms with Crippen LogP contribution in [0.15, 0.2) is 6.33 Å². The molecule has 18 heavy (non-hydrogen) atoms. The van der Waals surface area contributed by atoms with Crippen LogP contribution in [0.3, 0.4) is 0 Å². The van der Waals surface area contributed by atoms with E-state index in [9.17, 15) is 9.59 Å². The number of carbonyl (C=O) groups is 2. The lowest BCUT2D eigenvalue weighted by Gasteiger charge is -2.16. The molecule has 0 aliphatic rings. The van der Waals surface area contributed by atoms with E-state index in [4.69, 9.17) is 5.11 Å². The monoisotopic (exact) mass is 255 g/mol.